The van der Waals surface area contributed by atoms with Crippen LogP contribution in [0.25, 0.3) is 0 Å². The predicted molar refractivity (Wildman–Crippen MR) is 125 cm³/mol. The van der Waals surface area contributed by atoms with Crippen LogP contribution in [0.1, 0.15) is 32.6 Å². The molecule has 9 nitrogen and oxygen atoms in total. The maximum absolute atomic E-state index is 13.2. The molecule has 10 heteroatoms. The molecule has 34 heavy (non-hydrogen) atoms. The highest BCUT2D eigenvalue weighted by molar-refractivity contribution is 5.86. The number of amides is 3. The molecule has 186 valence electrons. The molecular weight excluding hydrogens is 441 g/mol. The van der Waals surface area contributed by atoms with Gasteiger partial charge in [-0.25, -0.2) is 9.18 Å². The van der Waals surface area contributed by atoms with Crippen molar-refractivity contribution in [1.29, 1.82) is 0 Å². The second-order valence-corrected chi connectivity index (χ2v) is 9.65. The molecule has 0 saturated carbocycles. The van der Waals surface area contributed by atoms with E-state index in [1.165, 1.54) is 19.1 Å². The van der Waals surface area contributed by atoms with Gasteiger partial charge in [0.05, 0.1) is 5.41 Å². The molecule has 0 aromatic heterocycles. The Balaban J connectivity index is 1.21. The van der Waals surface area contributed by atoms with Crippen LogP contribution in [0.5, 0.6) is 0 Å². The molecule has 3 amide bonds. The average Bonchev–Trinajstić information content (AvgIpc) is 3.12. The SMILES string of the molecule is C[C@@H](OC(N)=O)C(=O)N1CCC2(CC1)CC(CCN1CCN(c3ccc(F)cc3)CC1)NC2=O. The molecule has 3 heterocycles. The van der Waals surface area contributed by atoms with Crippen LogP contribution in [0, 0.1) is 11.2 Å². The number of hydrogen-bond donors (Lipinski definition) is 2. The molecule has 2 atom stereocenters. The second kappa shape index (κ2) is 10.2. The van der Waals surface area contributed by atoms with Crippen molar-refractivity contribution >= 4 is 23.6 Å². The molecule has 3 N–H and O–H groups in total. The van der Waals surface area contributed by atoms with Crippen molar-refractivity contribution in [1.82, 2.24) is 15.1 Å². The first-order valence-corrected chi connectivity index (χ1v) is 12.0. The molecule has 0 radical (unpaired) electrons. The van der Waals surface area contributed by atoms with Crippen LogP contribution >= 0.6 is 0 Å². The summed E-state index contributed by atoms with van der Waals surface area (Å²) in [6.07, 6.45) is 1.03. The summed E-state index contributed by atoms with van der Waals surface area (Å²) in [4.78, 5) is 42.5. The van der Waals surface area contributed by atoms with Gasteiger partial charge in [0, 0.05) is 57.5 Å². The number of likely N-dealkylation sites (tertiary alicyclic amines) is 1. The van der Waals surface area contributed by atoms with Crippen molar-refractivity contribution in [3.63, 3.8) is 0 Å². The third kappa shape index (κ3) is 5.43. The highest BCUT2D eigenvalue weighted by Gasteiger charge is 2.48. The zero-order valence-corrected chi connectivity index (χ0v) is 19.7. The number of benzene rings is 1. The maximum atomic E-state index is 13.2. The summed E-state index contributed by atoms with van der Waals surface area (Å²) in [5.41, 5.74) is 5.63. The molecule has 4 rings (SSSR count). The summed E-state index contributed by atoms with van der Waals surface area (Å²) >= 11 is 0. The Kier molecular flexibility index (Phi) is 7.25. The smallest absolute Gasteiger partial charge is 0.405 e. The van der Waals surface area contributed by atoms with Crippen molar-refractivity contribution in [2.45, 2.75) is 44.8 Å². The van der Waals surface area contributed by atoms with E-state index in [4.69, 9.17) is 10.5 Å². The number of piperazine rings is 1. The van der Waals surface area contributed by atoms with Crippen molar-refractivity contribution in [3.05, 3.63) is 30.1 Å². The van der Waals surface area contributed by atoms with Gasteiger partial charge in [-0.1, -0.05) is 0 Å². The number of nitrogens with two attached hydrogens (primary N) is 1. The Labute approximate surface area is 199 Å². The minimum absolute atomic E-state index is 0.0900. The van der Waals surface area contributed by atoms with E-state index in [1.54, 1.807) is 4.90 Å². The number of hydrogen-bond acceptors (Lipinski definition) is 6. The van der Waals surface area contributed by atoms with Gasteiger partial charge in [0.25, 0.3) is 5.91 Å². The average molecular weight is 476 g/mol. The topological polar surface area (TPSA) is 108 Å². The Morgan fingerprint density at radius 3 is 2.41 bits per heavy atom. The van der Waals surface area contributed by atoms with Crippen molar-refractivity contribution < 1.29 is 23.5 Å². The number of piperidine rings is 1. The minimum Gasteiger partial charge on any atom is -0.437 e. The Morgan fingerprint density at radius 2 is 1.79 bits per heavy atom. The predicted octanol–water partition coefficient (Wildman–Crippen LogP) is 1.32. The fourth-order valence-electron chi connectivity index (χ4n) is 5.42. The zero-order chi connectivity index (χ0) is 24.3. The lowest BCUT2D eigenvalue weighted by Gasteiger charge is -2.38. The van der Waals surface area contributed by atoms with Crippen LogP contribution in [0.2, 0.25) is 0 Å². The molecule has 3 aliphatic heterocycles. The molecule has 1 aromatic rings. The summed E-state index contributed by atoms with van der Waals surface area (Å²) in [5, 5.41) is 3.19. The van der Waals surface area contributed by atoms with Gasteiger partial charge in [0.2, 0.25) is 5.91 Å². The quantitative estimate of drug-likeness (QED) is 0.643. The lowest BCUT2D eigenvalue weighted by molar-refractivity contribution is -0.144. The third-order valence-corrected chi connectivity index (χ3v) is 7.48. The van der Waals surface area contributed by atoms with Crippen LogP contribution in [0.15, 0.2) is 24.3 Å². The largest absolute Gasteiger partial charge is 0.437 e. The number of anilines is 1. The number of primary amides is 1. The number of halogens is 1. The van der Waals surface area contributed by atoms with Gasteiger partial charge in [-0.3, -0.25) is 14.5 Å². The van der Waals surface area contributed by atoms with Crippen LogP contribution in [-0.2, 0) is 14.3 Å². The van der Waals surface area contributed by atoms with Crippen LogP contribution in [0.4, 0.5) is 14.9 Å². The molecule has 0 aliphatic carbocycles. The van der Waals surface area contributed by atoms with Crippen LogP contribution < -0.4 is 16.0 Å². The van der Waals surface area contributed by atoms with E-state index >= 15 is 0 Å². The Morgan fingerprint density at radius 1 is 1.15 bits per heavy atom. The van der Waals surface area contributed by atoms with Gasteiger partial charge in [-0.15, -0.1) is 0 Å². The fraction of sp³-hybridized carbons (Fsp3) is 0.625. The van der Waals surface area contributed by atoms with E-state index in [0.29, 0.717) is 25.9 Å². The highest BCUT2D eigenvalue weighted by Crippen LogP contribution is 2.41. The fourth-order valence-corrected chi connectivity index (χ4v) is 5.42. The normalized spacial score (nSPS) is 23.6. The minimum atomic E-state index is -0.968. The number of nitrogens with zero attached hydrogens (tertiary/aromatic N) is 3. The molecule has 3 saturated heterocycles. The zero-order valence-electron chi connectivity index (χ0n) is 19.7. The van der Waals surface area contributed by atoms with E-state index < -0.39 is 17.6 Å². The molecular formula is C24H34FN5O4. The number of carbonyl (C=O) groups excluding carboxylic acids is 3. The van der Waals surface area contributed by atoms with E-state index in [9.17, 15) is 18.8 Å². The first-order chi connectivity index (χ1) is 16.3. The summed E-state index contributed by atoms with van der Waals surface area (Å²) in [6, 6.07) is 6.78. The van der Waals surface area contributed by atoms with Gasteiger partial charge >= 0.3 is 6.09 Å². The van der Waals surface area contributed by atoms with E-state index in [1.807, 2.05) is 12.1 Å². The molecule has 3 fully saturated rings. The lowest BCUT2D eigenvalue weighted by Crippen LogP contribution is -2.49. The number of rotatable bonds is 6. The molecule has 1 spiro atoms. The number of ether oxygens (including phenoxy) is 1. The van der Waals surface area contributed by atoms with Crippen LogP contribution in [0.3, 0.4) is 0 Å². The first-order valence-electron chi connectivity index (χ1n) is 12.0. The summed E-state index contributed by atoms with van der Waals surface area (Å²) in [5.74, 6) is -0.404. The highest BCUT2D eigenvalue weighted by atomic mass is 19.1. The van der Waals surface area contributed by atoms with Crippen molar-refractivity contribution in [2.75, 3.05) is 50.7 Å². The molecule has 0 bridgehead atoms. The monoisotopic (exact) mass is 475 g/mol. The third-order valence-electron chi connectivity index (χ3n) is 7.48. The summed E-state index contributed by atoms with van der Waals surface area (Å²) in [7, 11) is 0. The number of nitrogens with one attached hydrogen (secondary N) is 1. The van der Waals surface area contributed by atoms with Crippen LogP contribution in [-0.4, -0.2) is 85.7 Å². The summed E-state index contributed by atoms with van der Waals surface area (Å²) < 4.78 is 17.9. The summed E-state index contributed by atoms with van der Waals surface area (Å²) in [6.45, 7) is 7.04. The Hall–Kier alpha value is -2.88. The van der Waals surface area contributed by atoms with E-state index in [-0.39, 0.29) is 23.7 Å². The molecule has 1 unspecified atom stereocenters. The maximum Gasteiger partial charge on any atom is 0.405 e. The first kappa shape index (κ1) is 24.3. The second-order valence-electron chi connectivity index (χ2n) is 9.65. The lowest BCUT2D eigenvalue weighted by atomic mass is 9.75. The van der Waals surface area contributed by atoms with Gasteiger partial charge in [0.15, 0.2) is 6.10 Å². The van der Waals surface area contributed by atoms with Gasteiger partial charge in [0.1, 0.15) is 5.82 Å². The molecule has 1 aromatic carbocycles. The van der Waals surface area contributed by atoms with E-state index in [2.05, 4.69) is 15.1 Å². The Bertz CT molecular complexity index is 895. The number of carbonyl (C=O) groups is 3. The van der Waals surface area contributed by atoms with Crippen molar-refractivity contribution in [3.8, 4) is 0 Å². The standard InChI is InChI=1S/C24H34FN5O4/c1-17(34-23(26)33)21(31)30-10-7-24(8-11-30)16-19(27-22(24)32)6-9-28-12-14-29(15-13-28)20-4-2-18(25)3-5-20/h2-5,17,19H,6-16H2,1H3,(H2,26,33)(H,27,32)/t17-,19?/m1/s1. The van der Waals surface area contributed by atoms with E-state index in [0.717, 1.165) is 51.3 Å². The molecule has 3 aliphatic rings. The van der Waals surface area contributed by atoms with Crippen molar-refractivity contribution in [2.24, 2.45) is 11.1 Å². The van der Waals surface area contributed by atoms with Gasteiger partial charge < -0.3 is 25.6 Å². The van der Waals surface area contributed by atoms with Gasteiger partial charge in [-0.05, 0) is 56.9 Å². The van der Waals surface area contributed by atoms with Gasteiger partial charge in [-0.2, -0.15) is 0 Å².